The summed E-state index contributed by atoms with van der Waals surface area (Å²) in [5.41, 5.74) is 6.78. The minimum absolute atomic E-state index is 0.0105. The van der Waals surface area contributed by atoms with Gasteiger partial charge in [-0.2, -0.15) is 0 Å². The van der Waals surface area contributed by atoms with Crippen LogP contribution in [0.4, 0.5) is 0 Å². The molecule has 1 aromatic carbocycles. The van der Waals surface area contributed by atoms with E-state index >= 15 is 0 Å². The number of ether oxygens (including phenoxy) is 1. The fourth-order valence-corrected chi connectivity index (χ4v) is 2.49. The number of hydrogen-bond donors (Lipinski definition) is 1. The number of fused-ring (bicyclic) bond motifs is 1. The predicted octanol–water partition coefficient (Wildman–Crippen LogP) is 0.644. The van der Waals surface area contributed by atoms with Crippen molar-refractivity contribution < 1.29 is 9.53 Å². The first-order chi connectivity index (χ1) is 7.77. The van der Waals surface area contributed by atoms with E-state index in [2.05, 4.69) is 0 Å². The standard InChI is InChI=1S/C12H14N2O2/c13-10-6-9-7-16-12(14(9)11(10)15)8-4-2-1-3-5-8/h1-5,9-10,12H,6-7,13H2/t9-,10-,12+/m0/s1. The van der Waals surface area contributed by atoms with Crippen molar-refractivity contribution in [3.8, 4) is 0 Å². The van der Waals surface area contributed by atoms with Crippen LogP contribution in [-0.4, -0.2) is 29.5 Å². The van der Waals surface area contributed by atoms with E-state index in [9.17, 15) is 4.79 Å². The van der Waals surface area contributed by atoms with E-state index in [1.54, 1.807) is 4.90 Å². The molecule has 4 heteroatoms. The van der Waals surface area contributed by atoms with Gasteiger partial charge in [0.25, 0.3) is 0 Å². The van der Waals surface area contributed by atoms with Crippen LogP contribution in [0.15, 0.2) is 30.3 Å². The summed E-state index contributed by atoms with van der Waals surface area (Å²) in [6.45, 7) is 0.596. The predicted molar refractivity (Wildman–Crippen MR) is 58.4 cm³/mol. The summed E-state index contributed by atoms with van der Waals surface area (Å²) < 4.78 is 5.67. The number of carbonyl (C=O) groups is 1. The number of nitrogens with zero attached hydrogens (tertiary/aromatic N) is 1. The molecule has 1 amide bonds. The van der Waals surface area contributed by atoms with Gasteiger partial charge in [0.05, 0.1) is 18.7 Å². The highest BCUT2D eigenvalue weighted by Gasteiger charge is 2.46. The molecule has 3 rings (SSSR count). The van der Waals surface area contributed by atoms with Gasteiger partial charge in [0.15, 0.2) is 6.23 Å². The number of hydrogen-bond acceptors (Lipinski definition) is 3. The molecule has 0 spiro atoms. The average Bonchev–Trinajstić information content (AvgIpc) is 2.83. The maximum atomic E-state index is 11.9. The molecule has 2 N–H and O–H groups in total. The first-order valence-electron chi connectivity index (χ1n) is 5.51. The molecule has 0 unspecified atom stereocenters. The topological polar surface area (TPSA) is 55.6 Å². The second-order valence-corrected chi connectivity index (χ2v) is 4.34. The van der Waals surface area contributed by atoms with Gasteiger partial charge in [-0.25, -0.2) is 0 Å². The van der Waals surface area contributed by atoms with Gasteiger partial charge in [-0.3, -0.25) is 4.79 Å². The van der Waals surface area contributed by atoms with Crippen LogP contribution < -0.4 is 5.73 Å². The Labute approximate surface area is 94.0 Å². The molecule has 2 saturated heterocycles. The van der Waals surface area contributed by atoms with Crippen molar-refractivity contribution in [3.05, 3.63) is 35.9 Å². The van der Waals surface area contributed by atoms with Crippen LogP contribution >= 0.6 is 0 Å². The molecular formula is C12H14N2O2. The minimum Gasteiger partial charge on any atom is -0.352 e. The summed E-state index contributed by atoms with van der Waals surface area (Å²) in [5.74, 6) is 0.0105. The molecule has 4 nitrogen and oxygen atoms in total. The molecule has 3 atom stereocenters. The fourth-order valence-electron chi connectivity index (χ4n) is 2.49. The molecule has 1 aromatic rings. The Morgan fingerprint density at radius 2 is 2.06 bits per heavy atom. The Kier molecular flexibility index (Phi) is 2.19. The lowest BCUT2D eigenvalue weighted by Gasteiger charge is -2.22. The molecule has 0 aliphatic carbocycles. The van der Waals surface area contributed by atoms with Crippen LogP contribution in [0.2, 0.25) is 0 Å². The van der Waals surface area contributed by atoms with E-state index in [1.165, 1.54) is 0 Å². The zero-order chi connectivity index (χ0) is 11.1. The van der Waals surface area contributed by atoms with Gasteiger partial charge in [0.2, 0.25) is 5.91 Å². The van der Waals surface area contributed by atoms with Crippen LogP contribution in [0, 0.1) is 0 Å². The Balaban J connectivity index is 1.91. The molecular weight excluding hydrogens is 204 g/mol. The van der Waals surface area contributed by atoms with Crippen LogP contribution in [0.5, 0.6) is 0 Å². The number of rotatable bonds is 1. The van der Waals surface area contributed by atoms with Crippen LogP contribution in [0.3, 0.4) is 0 Å². The summed E-state index contributed by atoms with van der Waals surface area (Å²) in [4.78, 5) is 13.7. The van der Waals surface area contributed by atoms with Crippen molar-refractivity contribution in [1.29, 1.82) is 0 Å². The lowest BCUT2D eigenvalue weighted by atomic mass is 10.2. The molecule has 0 aromatic heterocycles. The van der Waals surface area contributed by atoms with Crippen molar-refractivity contribution >= 4 is 5.91 Å². The SMILES string of the molecule is N[C@H]1C[C@H]2CO[C@H](c3ccccc3)N2C1=O. The normalized spacial score (nSPS) is 33.2. The summed E-state index contributed by atoms with van der Waals surface area (Å²) in [6.07, 6.45) is 0.467. The van der Waals surface area contributed by atoms with Crippen LogP contribution in [0.25, 0.3) is 0 Å². The van der Waals surface area contributed by atoms with Crippen molar-refractivity contribution in [1.82, 2.24) is 4.90 Å². The summed E-state index contributed by atoms with van der Waals surface area (Å²) in [7, 11) is 0. The molecule has 0 saturated carbocycles. The molecule has 16 heavy (non-hydrogen) atoms. The van der Waals surface area contributed by atoms with Gasteiger partial charge in [-0.15, -0.1) is 0 Å². The maximum absolute atomic E-state index is 11.9. The highest BCUT2D eigenvalue weighted by molar-refractivity contribution is 5.85. The quantitative estimate of drug-likeness (QED) is 0.752. The van der Waals surface area contributed by atoms with Crippen molar-refractivity contribution in [2.24, 2.45) is 5.73 Å². The molecule has 0 radical (unpaired) electrons. The highest BCUT2D eigenvalue weighted by Crippen LogP contribution is 2.36. The fraction of sp³-hybridized carbons (Fsp3) is 0.417. The zero-order valence-electron chi connectivity index (χ0n) is 8.87. The van der Waals surface area contributed by atoms with E-state index in [1.807, 2.05) is 30.3 Å². The molecule has 2 fully saturated rings. The Hall–Kier alpha value is -1.39. The van der Waals surface area contributed by atoms with Gasteiger partial charge in [0.1, 0.15) is 0 Å². The maximum Gasteiger partial charge on any atom is 0.242 e. The van der Waals surface area contributed by atoms with Gasteiger partial charge >= 0.3 is 0 Å². The molecule has 0 bridgehead atoms. The Bertz CT molecular complexity index is 407. The second kappa shape index (κ2) is 3.57. The third kappa shape index (κ3) is 1.34. The van der Waals surface area contributed by atoms with E-state index in [4.69, 9.17) is 10.5 Å². The highest BCUT2D eigenvalue weighted by atomic mass is 16.5. The smallest absolute Gasteiger partial charge is 0.242 e. The van der Waals surface area contributed by atoms with Crippen LogP contribution in [-0.2, 0) is 9.53 Å². The second-order valence-electron chi connectivity index (χ2n) is 4.34. The van der Waals surface area contributed by atoms with Crippen LogP contribution in [0.1, 0.15) is 18.2 Å². The van der Waals surface area contributed by atoms with E-state index in [0.29, 0.717) is 13.0 Å². The van der Waals surface area contributed by atoms with Crippen molar-refractivity contribution in [3.63, 3.8) is 0 Å². The Morgan fingerprint density at radius 3 is 2.81 bits per heavy atom. The number of nitrogens with two attached hydrogens (primary N) is 1. The Morgan fingerprint density at radius 1 is 1.31 bits per heavy atom. The number of benzene rings is 1. The monoisotopic (exact) mass is 218 g/mol. The largest absolute Gasteiger partial charge is 0.352 e. The van der Waals surface area contributed by atoms with E-state index in [-0.39, 0.29) is 24.2 Å². The van der Waals surface area contributed by atoms with E-state index < -0.39 is 0 Å². The van der Waals surface area contributed by atoms with E-state index in [0.717, 1.165) is 5.56 Å². The average molecular weight is 218 g/mol. The summed E-state index contributed by atoms with van der Waals surface area (Å²) in [6, 6.07) is 9.62. The van der Waals surface area contributed by atoms with Gasteiger partial charge in [0, 0.05) is 5.56 Å². The lowest BCUT2D eigenvalue weighted by molar-refractivity contribution is -0.135. The summed E-state index contributed by atoms with van der Waals surface area (Å²) in [5, 5.41) is 0. The zero-order valence-corrected chi connectivity index (χ0v) is 8.87. The molecule has 2 aliphatic rings. The molecule has 2 aliphatic heterocycles. The lowest BCUT2D eigenvalue weighted by Crippen LogP contribution is -2.36. The first-order valence-corrected chi connectivity index (χ1v) is 5.51. The minimum atomic E-state index is -0.347. The number of amides is 1. The van der Waals surface area contributed by atoms with Gasteiger partial charge in [-0.05, 0) is 6.42 Å². The summed E-state index contributed by atoms with van der Waals surface area (Å²) >= 11 is 0. The van der Waals surface area contributed by atoms with Crippen molar-refractivity contribution in [2.45, 2.75) is 24.7 Å². The third-order valence-electron chi connectivity index (χ3n) is 3.27. The van der Waals surface area contributed by atoms with Gasteiger partial charge in [-0.1, -0.05) is 30.3 Å². The third-order valence-corrected chi connectivity index (χ3v) is 3.27. The molecule has 2 heterocycles. The number of carbonyl (C=O) groups excluding carboxylic acids is 1. The molecule has 84 valence electrons. The van der Waals surface area contributed by atoms with Crippen molar-refractivity contribution in [2.75, 3.05) is 6.61 Å². The first kappa shape index (κ1) is 9.81. The van der Waals surface area contributed by atoms with Gasteiger partial charge < -0.3 is 15.4 Å².